The molecule has 30 heavy (non-hydrogen) atoms. The number of guanidine groups is 1. The van der Waals surface area contributed by atoms with E-state index in [9.17, 15) is 12.8 Å². The van der Waals surface area contributed by atoms with Crippen molar-refractivity contribution < 1.29 is 12.8 Å². The largest absolute Gasteiger partial charge is 0.357 e. The summed E-state index contributed by atoms with van der Waals surface area (Å²) in [4.78, 5) is 9.41. The second kappa shape index (κ2) is 13.4. The van der Waals surface area contributed by atoms with E-state index in [1.807, 2.05) is 6.92 Å². The number of piperazine rings is 1. The molecule has 2 N–H and O–H groups in total. The molecule has 0 aromatic heterocycles. The first-order chi connectivity index (χ1) is 13.8. The van der Waals surface area contributed by atoms with Crippen LogP contribution in [0.2, 0.25) is 0 Å². The van der Waals surface area contributed by atoms with Gasteiger partial charge in [-0.1, -0.05) is 13.0 Å². The van der Waals surface area contributed by atoms with Crippen molar-refractivity contribution in [2.45, 2.75) is 26.1 Å². The quantitative estimate of drug-likeness (QED) is 0.275. The topological polar surface area (TPSA) is 77.0 Å². The molecular formula is C20H35FIN5O2S. The highest BCUT2D eigenvalue weighted by molar-refractivity contribution is 14.0. The molecule has 1 saturated heterocycles. The maximum absolute atomic E-state index is 13.7. The summed E-state index contributed by atoms with van der Waals surface area (Å²) in [6.07, 6.45) is 1.18. The van der Waals surface area contributed by atoms with Crippen LogP contribution in [0.15, 0.2) is 23.2 Å². The molecule has 10 heteroatoms. The van der Waals surface area contributed by atoms with E-state index in [4.69, 9.17) is 0 Å². The number of nitrogens with zero attached hydrogens (tertiary/aromatic N) is 3. The number of likely N-dealkylation sites (N-methyl/N-ethyl adjacent to an activating group) is 1. The molecule has 0 atom stereocenters. The van der Waals surface area contributed by atoms with Crippen molar-refractivity contribution in [1.29, 1.82) is 0 Å². The number of benzene rings is 1. The van der Waals surface area contributed by atoms with Gasteiger partial charge in [0.1, 0.15) is 5.82 Å². The summed E-state index contributed by atoms with van der Waals surface area (Å²) in [6.45, 7) is 12.2. The first-order valence-corrected chi connectivity index (χ1v) is 12.3. The Morgan fingerprint density at radius 1 is 1.10 bits per heavy atom. The minimum atomic E-state index is -3.21. The van der Waals surface area contributed by atoms with E-state index < -0.39 is 15.7 Å². The molecular weight excluding hydrogens is 520 g/mol. The monoisotopic (exact) mass is 555 g/mol. The van der Waals surface area contributed by atoms with Crippen LogP contribution in [0.4, 0.5) is 4.39 Å². The van der Waals surface area contributed by atoms with Gasteiger partial charge >= 0.3 is 0 Å². The van der Waals surface area contributed by atoms with Gasteiger partial charge in [-0.2, -0.15) is 0 Å². The van der Waals surface area contributed by atoms with Crippen molar-refractivity contribution >= 4 is 39.8 Å². The Balaban J connectivity index is 0.00000450. The molecule has 172 valence electrons. The third-order valence-electron chi connectivity index (χ3n) is 4.97. The molecule has 1 heterocycles. The molecule has 0 amide bonds. The van der Waals surface area contributed by atoms with Crippen LogP contribution in [0.1, 0.15) is 25.0 Å². The molecule has 0 spiro atoms. The molecule has 0 unspecified atom stereocenters. The van der Waals surface area contributed by atoms with Crippen LogP contribution in [0.5, 0.6) is 0 Å². The highest BCUT2D eigenvalue weighted by Crippen LogP contribution is 2.15. The van der Waals surface area contributed by atoms with Gasteiger partial charge in [-0.05, 0) is 36.7 Å². The molecule has 2 rings (SSSR count). The number of sulfone groups is 1. The number of halogens is 2. The number of hydrogen-bond donors (Lipinski definition) is 2. The molecule has 0 radical (unpaired) electrons. The Morgan fingerprint density at radius 2 is 1.77 bits per heavy atom. The third-order valence-corrected chi connectivity index (χ3v) is 5.81. The van der Waals surface area contributed by atoms with E-state index in [0.29, 0.717) is 23.6 Å². The molecule has 1 fully saturated rings. The van der Waals surface area contributed by atoms with Gasteiger partial charge < -0.3 is 15.5 Å². The highest BCUT2D eigenvalue weighted by atomic mass is 127. The average molecular weight is 556 g/mol. The first kappa shape index (κ1) is 27.1. The Labute approximate surface area is 197 Å². The van der Waals surface area contributed by atoms with Crippen molar-refractivity contribution in [3.63, 3.8) is 0 Å². The van der Waals surface area contributed by atoms with Crippen molar-refractivity contribution in [3.8, 4) is 0 Å². The Hall–Kier alpha value is -0.980. The van der Waals surface area contributed by atoms with Gasteiger partial charge in [0.15, 0.2) is 15.8 Å². The molecule has 1 aliphatic rings. The molecule has 0 saturated carbocycles. The summed E-state index contributed by atoms with van der Waals surface area (Å²) in [5.41, 5.74) is 1.17. The Bertz CT molecular complexity index is 783. The second-order valence-electron chi connectivity index (χ2n) is 7.38. The molecule has 1 aromatic rings. The van der Waals surface area contributed by atoms with Gasteiger partial charge in [0, 0.05) is 52.1 Å². The predicted molar refractivity (Wildman–Crippen MR) is 132 cm³/mol. The summed E-state index contributed by atoms with van der Waals surface area (Å²) < 4.78 is 37.0. The smallest absolute Gasteiger partial charge is 0.191 e. The predicted octanol–water partition coefficient (Wildman–Crippen LogP) is 1.68. The van der Waals surface area contributed by atoms with Gasteiger partial charge in [0.2, 0.25) is 0 Å². The maximum atomic E-state index is 13.7. The van der Waals surface area contributed by atoms with Gasteiger partial charge in [-0.15, -0.1) is 24.0 Å². The van der Waals surface area contributed by atoms with E-state index >= 15 is 0 Å². The van der Waals surface area contributed by atoms with Crippen LogP contribution in [0.3, 0.4) is 0 Å². The van der Waals surface area contributed by atoms with Gasteiger partial charge in [0.25, 0.3) is 0 Å². The fourth-order valence-electron chi connectivity index (χ4n) is 3.33. The van der Waals surface area contributed by atoms with Crippen LogP contribution in [0.25, 0.3) is 0 Å². The summed E-state index contributed by atoms with van der Waals surface area (Å²) in [5.74, 6) is 0.136. The molecule has 0 bridgehead atoms. The van der Waals surface area contributed by atoms with Gasteiger partial charge in [-0.25, -0.2) is 17.8 Å². The summed E-state index contributed by atoms with van der Waals surface area (Å²) in [7, 11) is -3.21. The lowest BCUT2D eigenvalue weighted by Crippen LogP contribution is -2.49. The maximum Gasteiger partial charge on any atom is 0.191 e. The van der Waals surface area contributed by atoms with E-state index in [-0.39, 0.29) is 36.3 Å². The van der Waals surface area contributed by atoms with E-state index in [2.05, 4.69) is 32.3 Å². The van der Waals surface area contributed by atoms with Crippen LogP contribution < -0.4 is 10.6 Å². The fourth-order valence-corrected chi connectivity index (χ4v) is 4.18. The Kier molecular flexibility index (Phi) is 12.1. The number of rotatable bonds is 9. The summed E-state index contributed by atoms with van der Waals surface area (Å²) >= 11 is 0. The first-order valence-electron chi connectivity index (χ1n) is 10.2. The van der Waals surface area contributed by atoms with Crippen molar-refractivity contribution in [3.05, 3.63) is 35.1 Å². The van der Waals surface area contributed by atoms with E-state index in [1.54, 1.807) is 0 Å². The minimum absolute atomic E-state index is 0. The van der Waals surface area contributed by atoms with Crippen molar-refractivity contribution in [2.75, 3.05) is 58.6 Å². The zero-order valence-electron chi connectivity index (χ0n) is 18.2. The van der Waals surface area contributed by atoms with Crippen LogP contribution >= 0.6 is 24.0 Å². The normalized spacial score (nSPS) is 16.2. The fraction of sp³-hybridized carbons (Fsp3) is 0.650. The number of aliphatic imine (C=N–C) groups is 1. The van der Waals surface area contributed by atoms with Crippen molar-refractivity contribution in [2.24, 2.45) is 4.99 Å². The average Bonchev–Trinajstić information content (AvgIpc) is 2.67. The van der Waals surface area contributed by atoms with E-state index in [1.165, 1.54) is 24.5 Å². The minimum Gasteiger partial charge on any atom is -0.357 e. The molecule has 0 aliphatic carbocycles. The highest BCUT2D eigenvalue weighted by Gasteiger charge is 2.15. The van der Waals surface area contributed by atoms with Gasteiger partial charge in [-0.3, -0.25) is 4.90 Å². The third kappa shape index (κ3) is 9.88. The zero-order valence-corrected chi connectivity index (χ0v) is 21.3. The standard InChI is InChI=1S/C20H34FN5O2S.HI/c1-4-22-20(23-8-9-26-12-10-25(5-2)11-13-26)24-15-18-14-19(21)7-6-17(18)16-29(3,27)28;/h6-7,14H,4-5,8-13,15-16H2,1-3H3,(H2,22,23,24);1H. The van der Waals surface area contributed by atoms with Crippen molar-refractivity contribution in [1.82, 2.24) is 20.4 Å². The number of hydrogen-bond acceptors (Lipinski definition) is 5. The van der Waals surface area contributed by atoms with Crippen LogP contribution in [-0.4, -0.2) is 82.8 Å². The summed E-state index contributed by atoms with van der Waals surface area (Å²) in [6, 6.07) is 4.17. The van der Waals surface area contributed by atoms with E-state index in [0.717, 1.165) is 45.8 Å². The molecule has 1 aliphatic heterocycles. The van der Waals surface area contributed by atoms with Gasteiger partial charge in [0.05, 0.1) is 12.3 Å². The number of nitrogens with one attached hydrogen (secondary N) is 2. The lowest BCUT2D eigenvalue weighted by atomic mass is 10.1. The SMILES string of the molecule is CCNC(=NCc1cc(F)ccc1CS(C)(=O)=O)NCCN1CCN(CC)CC1.I. The Morgan fingerprint density at radius 3 is 2.37 bits per heavy atom. The lowest BCUT2D eigenvalue weighted by Gasteiger charge is -2.34. The van der Waals surface area contributed by atoms with Crippen LogP contribution in [-0.2, 0) is 22.1 Å². The molecule has 7 nitrogen and oxygen atoms in total. The van der Waals surface area contributed by atoms with Crippen LogP contribution in [0, 0.1) is 5.82 Å². The second-order valence-corrected chi connectivity index (χ2v) is 9.52. The zero-order chi connectivity index (χ0) is 21.3. The molecule has 1 aromatic carbocycles. The summed E-state index contributed by atoms with van der Waals surface area (Å²) in [5, 5.41) is 6.51. The lowest BCUT2D eigenvalue weighted by molar-refractivity contribution is 0.139.